The molecule has 10 nitrogen and oxygen atoms in total. The van der Waals surface area contributed by atoms with Gasteiger partial charge in [0.15, 0.2) is 5.82 Å². The van der Waals surface area contributed by atoms with Crippen molar-refractivity contribution in [1.82, 2.24) is 31.0 Å². The Kier molecular flexibility index (Phi) is 9.86. The van der Waals surface area contributed by atoms with Crippen molar-refractivity contribution in [3.63, 3.8) is 0 Å². The highest BCUT2D eigenvalue weighted by Gasteiger charge is 2.38. The van der Waals surface area contributed by atoms with E-state index in [-0.39, 0.29) is 30.2 Å². The van der Waals surface area contributed by atoms with Crippen molar-refractivity contribution in [3.8, 4) is 0 Å². The van der Waals surface area contributed by atoms with Crippen LogP contribution in [0.1, 0.15) is 89.8 Å². The van der Waals surface area contributed by atoms with Gasteiger partial charge in [-0.25, -0.2) is 0 Å². The zero-order chi connectivity index (χ0) is 24.4. The third-order valence-corrected chi connectivity index (χ3v) is 6.73. The van der Waals surface area contributed by atoms with E-state index < -0.39 is 5.54 Å². The lowest BCUT2D eigenvalue weighted by Crippen LogP contribution is -2.47. The maximum Gasteiger partial charge on any atom is 0.234 e. The average molecular weight is 477 g/mol. The van der Waals surface area contributed by atoms with Crippen LogP contribution in [0.5, 0.6) is 0 Å². The fraction of sp³-hybridized carbons (Fsp3) is 0.792. The van der Waals surface area contributed by atoms with Crippen LogP contribution in [0.15, 0.2) is 4.52 Å². The van der Waals surface area contributed by atoms with Gasteiger partial charge < -0.3 is 20.5 Å². The second-order valence-electron chi connectivity index (χ2n) is 9.66. The predicted octanol–water partition coefficient (Wildman–Crippen LogP) is 1.79. The van der Waals surface area contributed by atoms with Crippen molar-refractivity contribution >= 4 is 17.7 Å². The number of amides is 3. The van der Waals surface area contributed by atoms with Crippen molar-refractivity contribution in [1.29, 1.82) is 0 Å². The smallest absolute Gasteiger partial charge is 0.234 e. The molecule has 3 N–H and O–H groups in total. The van der Waals surface area contributed by atoms with E-state index in [4.69, 9.17) is 4.52 Å². The molecule has 2 aliphatic rings. The Morgan fingerprint density at radius 3 is 2.44 bits per heavy atom. The first kappa shape index (κ1) is 26.1. The Morgan fingerprint density at radius 2 is 1.79 bits per heavy atom. The number of nitrogens with one attached hydrogen (secondary N) is 3. The Balaban J connectivity index is 1.43. The maximum absolute atomic E-state index is 12.5. The number of carbonyl (C=O) groups is 3. The van der Waals surface area contributed by atoms with Gasteiger partial charge in [0.2, 0.25) is 23.6 Å². The molecule has 1 saturated carbocycles. The van der Waals surface area contributed by atoms with Crippen LogP contribution in [0.25, 0.3) is 0 Å². The standard InChI is InChI=1S/C24H40N6O4/c1-3-14-25-21(33)17-30-15-10-19(11-16-30)26-20(32)8-9-22-27-23(29-34-22)24(28-18(2)31)12-6-4-5-7-13-24/h19H,3-17H2,1-2H3,(H,25,33)(H,26,32)(H,28,31). The van der Waals surface area contributed by atoms with Crippen molar-refractivity contribution in [2.24, 2.45) is 0 Å². The Bertz CT molecular complexity index is 810. The minimum absolute atomic E-state index is 0.0371. The number of aryl methyl sites for hydroxylation is 1. The van der Waals surface area contributed by atoms with Crippen LogP contribution in [-0.4, -0.2) is 65.0 Å². The molecule has 1 aliphatic heterocycles. The van der Waals surface area contributed by atoms with Gasteiger partial charge in [-0.05, 0) is 32.1 Å². The van der Waals surface area contributed by atoms with Crippen LogP contribution in [0.2, 0.25) is 0 Å². The van der Waals surface area contributed by atoms with Gasteiger partial charge in [-0.3, -0.25) is 19.3 Å². The summed E-state index contributed by atoms with van der Waals surface area (Å²) >= 11 is 0. The van der Waals surface area contributed by atoms with Crippen LogP contribution in [-0.2, 0) is 26.3 Å². The summed E-state index contributed by atoms with van der Waals surface area (Å²) in [5.41, 5.74) is -0.576. The highest BCUT2D eigenvalue weighted by atomic mass is 16.5. The van der Waals surface area contributed by atoms with Crippen LogP contribution < -0.4 is 16.0 Å². The number of carbonyl (C=O) groups excluding carboxylic acids is 3. The molecule has 1 aliphatic carbocycles. The molecule has 0 aromatic carbocycles. The van der Waals surface area contributed by atoms with Crippen molar-refractivity contribution in [2.45, 2.75) is 96.1 Å². The number of nitrogens with zero attached hydrogens (tertiary/aromatic N) is 3. The van der Waals surface area contributed by atoms with Crippen molar-refractivity contribution in [3.05, 3.63) is 11.7 Å². The minimum atomic E-state index is -0.576. The molecule has 2 heterocycles. The van der Waals surface area contributed by atoms with E-state index in [1.165, 1.54) is 6.92 Å². The van der Waals surface area contributed by atoms with E-state index in [2.05, 4.69) is 31.0 Å². The molecular formula is C24H40N6O4. The largest absolute Gasteiger partial charge is 0.355 e. The zero-order valence-corrected chi connectivity index (χ0v) is 20.7. The second-order valence-corrected chi connectivity index (χ2v) is 9.66. The van der Waals surface area contributed by atoms with E-state index >= 15 is 0 Å². The summed E-state index contributed by atoms with van der Waals surface area (Å²) in [6, 6.07) is 0.120. The quantitative estimate of drug-likeness (QED) is 0.439. The summed E-state index contributed by atoms with van der Waals surface area (Å²) in [5, 5.41) is 13.3. The molecule has 3 amide bonds. The van der Waals surface area contributed by atoms with Gasteiger partial charge in [0, 0.05) is 45.4 Å². The summed E-state index contributed by atoms with van der Waals surface area (Å²) in [4.78, 5) is 42.9. The highest BCUT2D eigenvalue weighted by molar-refractivity contribution is 5.78. The molecule has 3 rings (SSSR count). The maximum atomic E-state index is 12.5. The molecule has 34 heavy (non-hydrogen) atoms. The van der Waals surface area contributed by atoms with E-state index in [0.717, 1.165) is 70.9 Å². The van der Waals surface area contributed by atoms with Crippen LogP contribution in [0.4, 0.5) is 0 Å². The van der Waals surface area contributed by atoms with Crippen LogP contribution in [0.3, 0.4) is 0 Å². The molecule has 1 saturated heterocycles. The van der Waals surface area contributed by atoms with Gasteiger partial charge in [-0.1, -0.05) is 37.8 Å². The van der Waals surface area contributed by atoms with E-state index in [0.29, 0.717) is 31.2 Å². The molecule has 2 fully saturated rings. The first-order valence-corrected chi connectivity index (χ1v) is 12.8. The molecule has 0 spiro atoms. The van der Waals surface area contributed by atoms with Crippen LogP contribution >= 0.6 is 0 Å². The zero-order valence-electron chi connectivity index (χ0n) is 20.7. The average Bonchev–Trinajstić information content (AvgIpc) is 3.17. The lowest BCUT2D eigenvalue weighted by Gasteiger charge is -2.31. The molecule has 0 radical (unpaired) electrons. The third-order valence-electron chi connectivity index (χ3n) is 6.73. The number of aromatic nitrogens is 2. The summed E-state index contributed by atoms with van der Waals surface area (Å²) in [6.45, 7) is 6.27. The normalized spacial score (nSPS) is 19.2. The number of piperidine rings is 1. The highest BCUT2D eigenvalue weighted by Crippen LogP contribution is 2.34. The third kappa shape index (κ3) is 7.78. The van der Waals surface area contributed by atoms with Gasteiger partial charge >= 0.3 is 0 Å². The number of hydrogen-bond acceptors (Lipinski definition) is 7. The monoisotopic (exact) mass is 476 g/mol. The molecule has 0 unspecified atom stereocenters. The van der Waals surface area contributed by atoms with Crippen molar-refractivity contribution in [2.75, 3.05) is 26.2 Å². The Labute approximate surface area is 202 Å². The van der Waals surface area contributed by atoms with Gasteiger partial charge in [0.1, 0.15) is 5.54 Å². The SMILES string of the molecule is CCCNC(=O)CN1CCC(NC(=O)CCc2nc(C3(NC(C)=O)CCCCCC3)no2)CC1. The Morgan fingerprint density at radius 1 is 1.09 bits per heavy atom. The lowest BCUT2D eigenvalue weighted by molar-refractivity contribution is -0.124. The number of rotatable bonds is 10. The molecule has 10 heteroatoms. The fourth-order valence-electron chi connectivity index (χ4n) is 4.90. The number of hydrogen-bond donors (Lipinski definition) is 3. The molecule has 1 aromatic heterocycles. The lowest BCUT2D eigenvalue weighted by atomic mass is 9.89. The van der Waals surface area contributed by atoms with Gasteiger partial charge in [-0.15, -0.1) is 0 Å². The summed E-state index contributed by atoms with van der Waals surface area (Å²) in [6.07, 6.45) is 9.11. The van der Waals surface area contributed by atoms with E-state index in [1.807, 2.05) is 6.92 Å². The first-order valence-electron chi connectivity index (χ1n) is 12.8. The van der Waals surface area contributed by atoms with E-state index in [1.54, 1.807) is 0 Å². The molecule has 190 valence electrons. The Hall–Kier alpha value is -2.49. The first-order chi connectivity index (χ1) is 16.4. The predicted molar refractivity (Wildman–Crippen MR) is 127 cm³/mol. The molecule has 1 aromatic rings. The van der Waals surface area contributed by atoms with Gasteiger partial charge in [0.05, 0.1) is 6.54 Å². The van der Waals surface area contributed by atoms with Gasteiger partial charge in [0.25, 0.3) is 0 Å². The summed E-state index contributed by atoms with van der Waals surface area (Å²) in [7, 11) is 0. The number of likely N-dealkylation sites (tertiary alicyclic amines) is 1. The van der Waals surface area contributed by atoms with Crippen molar-refractivity contribution < 1.29 is 18.9 Å². The fourth-order valence-corrected chi connectivity index (χ4v) is 4.90. The molecule has 0 atom stereocenters. The van der Waals surface area contributed by atoms with Crippen LogP contribution in [0, 0.1) is 0 Å². The molecular weight excluding hydrogens is 436 g/mol. The van der Waals surface area contributed by atoms with E-state index in [9.17, 15) is 14.4 Å². The summed E-state index contributed by atoms with van der Waals surface area (Å²) < 4.78 is 5.45. The van der Waals surface area contributed by atoms with Gasteiger partial charge in [-0.2, -0.15) is 4.98 Å². The molecule has 0 bridgehead atoms. The summed E-state index contributed by atoms with van der Waals surface area (Å²) in [5.74, 6) is 0.875. The second kappa shape index (κ2) is 12.8. The topological polar surface area (TPSA) is 129 Å². The minimum Gasteiger partial charge on any atom is -0.355 e.